The fourth-order valence-corrected chi connectivity index (χ4v) is 2.80. The van der Waals surface area contributed by atoms with Crippen LogP contribution in [0.5, 0.6) is 0 Å². The van der Waals surface area contributed by atoms with Crippen molar-refractivity contribution in [3.8, 4) is 0 Å². The van der Waals surface area contributed by atoms with E-state index in [0.717, 1.165) is 6.42 Å². The fraction of sp³-hybridized carbons (Fsp3) is 0.526. The van der Waals surface area contributed by atoms with Crippen molar-refractivity contribution in [2.75, 3.05) is 30.4 Å². The molecule has 27 heavy (non-hydrogen) atoms. The highest BCUT2D eigenvalue weighted by Crippen LogP contribution is 2.29. The van der Waals surface area contributed by atoms with Crippen LogP contribution in [0.15, 0.2) is 24.3 Å². The minimum atomic E-state index is -0.233. The molecule has 3 amide bonds. The molecule has 2 rings (SSSR count). The fourth-order valence-electron chi connectivity index (χ4n) is 2.80. The second-order valence-electron chi connectivity index (χ2n) is 7.06. The van der Waals surface area contributed by atoms with Crippen molar-refractivity contribution in [3.63, 3.8) is 0 Å². The van der Waals surface area contributed by atoms with Crippen LogP contribution >= 0.6 is 12.4 Å². The standard InChI is InChI=1S/C19H28N4O3.ClH/c1-13(2)14(20)10-11-22(3)18(25)8-9-19(26)23-12-17(24)21-15-6-4-5-7-16(15)23;/h4-7,13-14H,8-12,20H2,1-3H3,(H,21,24);1H. The summed E-state index contributed by atoms with van der Waals surface area (Å²) in [5.74, 6) is -0.189. The first-order chi connectivity index (χ1) is 12.3. The van der Waals surface area contributed by atoms with Crippen LogP contribution in [0.1, 0.15) is 33.1 Å². The number of fused-ring (bicyclic) bond motifs is 1. The van der Waals surface area contributed by atoms with Gasteiger partial charge in [0.25, 0.3) is 0 Å². The number of carbonyl (C=O) groups is 3. The summed E-state index contributed by atoms with van der Waals surface area (Å²) in [7, 11) is 1.73. The van der Waals surface area contributed by atoms with Gasteiger partial charge in [0.1, 0.15) is 6.54 Å². The number of hydrogen-bond acceptors (Lipinski definition) is 4. The van der Waals surface area contributed by atoms with Crippen molar-refractivity contribution in [1.29, 1.82) is 0 Å². The molecule has 3 N–H and O–H groups in total. The maximum atomic E-state index is 12.5. The largest absolute Gasteiger partial charge is 0.346 e. The van der Waals surface area contributed by atoms with Crippen LogP contribution < -0.4 is 16.0 Å². The minimum Gasteiger partial charge on any atom is -0.346 e. The average molecular weight is 397 g/mol. The molecule has 0 saturated heterocycles. The van der Waals surface area contributed by atoms with Crippen LogP contribution in [0.25, 0.3) is 0 Å². The molecule has 1 unspecified atom stereocenters. The molecule has 1 aromatic rings. The maximum absolute atomic E-state index is 12.5. The van der Waals surface area contributed by atoms with E-state index in [1.807, 2.05) is 6.07 Å². The molecule has 7 nitrogen and oxygen atoms in total. The Morgan fingerprint density at radius 2 is 1.93 bits per heavy atom. The normalized spacial score (nSPS) is 14.1. The van der Waals surface area contributed by atoms with Gasteiger partial charge in [0.2, 0.25) is 17.7 Å². The number of nitrogens with two attached hydrogens (primary N) is 1. The zero-order valence-corrected chi connectivity index (χ0v) is 16.9. The average Bonchev–Trinajstić information content (AvgIpc) is 2.62. The second-order valence-corrected chi connectivity index (χ2v) is 7.06. The monoisotopic (exact) mass is 396 g/mol. The van der Waals surface area contributed by atoms with E-state index >= 15 is 0 Å². The van der Waals surface area contributed by atoms with Gasteiger partial charge in [-0.3, -0.25) is 14.4 Å². The van der Waals surface area contributed by atoms with E-state index in [-0.39, 0.29) is 55.6 Å². The molecule has 1 aliphatic heterocycles. The van der Waals surface area contributed by atoms with E-state index in [9.17, 15) is 14.4 Å². The summed E-state index contributed by atoms with van der Waals surface area (Å²) >= 11 is 0. The lowest BCUT2D eigenvalue weighted by atomic mass is 10.0. The highest BCUT2D eigenvalue weighted by molar-refractivity contribution is 6.10. The SMILES string of the molecule is CC(C)C(N)CCN(C)C(=O)CCC(=O)N1CC(=O)Nc2ccccc21.Cl. The number of carbonyl (C=O) groups excluding carboxylic acids is 3. The molecule has 0 saturated carbocycles. The maximum Gasteiger partial charge on any atom is 0.244 e. The summed E-state index contributed by atoms with van der Waals surface area (Å²) in [6.45, 7) is 4.65. The summed E-state index contributed by atoms with van der Waals surface area (Å²) in [4.78, 5) is 39.7. The minimum absolute atomic E-state index is 0. The van der Waals surface area contributed by atoms with Gasteiger partial charge < -0.3 is 20.9 Å². The Morgan fingerprint density at radius 3 is 2.59 bits per heavy atom. The summed E-state index contributed by atoms with van der Waals surface area (Å²) in [5.41, 5.74) is 7.29. The molecule has 0 fully saturated rings. The van der Waals surface area contributed by atoms with Gasteiger partial charge in [-0.25, -0.2) is 0 Å². The topological polar surface area (TPSA) is 95.7 Å². The first-order valence-electron chi connectivity index (χ1n) is 8.98. The van der Waals surface area contributed by atoms with E-state index in [1.54, 1.807) is 30.1 Å². The second kappa shape index (κ2) is 10.3. The molecule has 0 bridgehead atoms. The molecule has 0 aromatic heterocycles. The van der Waals surface area contributed by atoms with Gasteiger partial charge in [-0.05, 0) is 24.5 Å². The third-order valence-electron chi connectivity index (χ3n) is 4.70. The van der Waals surface area contributed by atoms with Crippen LogP contribution in [-0.4, -0.2) is 48.8 Å². The van der Waals surface area contributed by atoms with Gasteiger partial charge in [0.15, 0.2) is 0 Å². The van der Waals surface area contributed by atoms with Crippen LogP contribution in [0.2, 0.25) is 0 Å². The van der Waals surface area contributed by atoms with E-state index in [4.69, 9.17) is 5.73 Å². The van der Waals surface area contributed by atoms with E-state index in [0.29, 0.717) is 23.8 Å². The highest BCUT2D eigenvalue weighted by atomic mass is 35.5. The number of nitrogens with one attached hydrogen (secondary N) is 1. The number of hydrogen-bond donors (Lipinski definition) is 2. The molecule has 0 aliphatic carbocycles. The molecule has 1 aliphatic rings. The Morgan fingerprint density at radius 1 is 1.26 bits per heavy atom. The Hall–Kier alpha value is -2.12. The Bertz CT molecular complexity index is 681. The van der Waals surface area contributed by atoms with Gasteiger partial charge >= 0.3 is 0 Å². The van der Waals surface area contributed by atoms with E-state index in [1.165, 1.54) is 4.90 Å². The van der Waals surface area contributed by atoms with Gasteiger partial charge in [-0.1, -0.05) is 26.0 Å². The highest BCUT2D eigenvalue weighted by Gasteiger charge is 2.27. The van der Waals surface area contributed by atoms with Crippen molar-refractivity contribution >= 4 is 41.5 Å². The smallest absolute Gasteiger partial charge is 0.244 e. The summed E-state index contributed by atoms with van der Waals surface area (Å²) in [6, 6.07) is 7.20. The van der Waals surface area contributed by atoms with Crippen LogP contribution in [0.3, 0.4) is 0 Å². The van der Waals surface area contributed by atoms with Gasteiger partial charge in [0.05, 0.1) is 11.4 Å². The Kier molecular flexibility index (Phi) is 8.72. The number of halogens is 1. The molecular formula is C19H29ClN4O3. The predicted molar refractivity (Wildman–Crippen MR) is 109 cm³/mol. The lowest BCUT2D eigenvalue weighted by molar-refractivity contribution is -0.132. The summed E-state index contributed by atoms with van der Waals surface area (Å²) in [6.07, 6.45) is 0.918. The first kappa shape index (κ1) is 22.9. The Labute approximate surface area is 166 Å². The number of benzene rings is 1. The molecule has 1 heterocycles. The zero-order chi connectivity index (χ0) is 19.3. The van der Waals surface area contributed by atoms with Crippen molar-refractivity contribution in [3.05, 3.63) is 24.3 Å². The third kappa shape index (κ3) is 6.22. The summed E-state index contributed by atoms with van der Waals surface area (Å²) < 4.78 is 0. The Balaban J connectivity index is 0.00000364. The number of rotatable bonds is 7. The first-order valence-corrected chi connectivity index (χ1v) is 8.98. The zero-order valence-electron chi connectivity index (χ0n) is 16.1. The van der Waals surface area contributed by atoms with Crippen molar-refractivity contribution < 1.29 is 14.4 Å². The molecule has 150 valence electrons. The van der Waals surface area contributed by atoms with Crippen LogP contribution in [0, 0.1) is 5.92 Å². The van der Waals surface area contributed by atoms with Crippen molar-refractivity contribution in [1.82, 2.24) is 4.90 Å². The lowest BCUT2D eigenvalue weighted by Gasteiger charge is -2.29. The van der Waals surface area contributed by atoms with Gasteiger partial charge in [-0.15, -0.1) is 12.4 Å². The predicted octanol–water partition coefficient (Wildman–Crippen LogP) is 2.01. The quantitative estimate of drug-likeness (QED) is 0.736. The molecule has 0 spiro atoms. The number of amides is 3. The number of nitrogens with zero attached hydrogens (tertiary/aromatic N) is 2. The van der Waals surface area contributed by atoms with Gasteiger partial charge in [0, 0.05) is 32.5 Å². The molecular weight excluding hydrogens is 368 g/mol. The van der Waals surface area contributed by atoms with E-state index in [2.05, 4.69) is 19.2 Å². The van der Waals surface area contributed by atoms with Crippen molar-refractivity contribution in [2.24, 2.45) is 11.7 Å². The summed E-state index contributed by atoms with van der Waals surface area (Å²) in [5, 5.41) is 2.74. The molecule has 8 heteroatoms. The molecule has 1 aromatic carbocycles. The van der Waals surface area contributed by atoms with Crippen LogP contribution in [0.4, 0.5) is 11.4 Å². The third-order valence-corrected chi connectivity index (χ3v) is 4.70. The molecule has 0 radical (unpaired) electrons. The van der Waals surface area contributed by atoms with Crippen molar-refractivity contribution in [2.45, 2.75) is 39.2 Å². The molecule has 1 atom stereocenters. The lowest BCUT2D eigenvalue weighted by Crippen LogP contribution is -2.42. The van der Waals surface area contributed by atoms with Gasteiger partial charge in [-0.2, -0.15) is 0 Å². The van der Waals surface area contributed by atoms with Crippen LogP contribution in [-0.2, 0) is 14.4 Å². The number of anilines is 2. The van der Waals surface area contributed by atoms with E-state index < -0.39 is 0 Å². The number of para-hydroxylation sites is 2.